The topological polar surface area (TPSA) is 297 Å². The van der Waals surface area contributed by atoms with Gasteiger partial charge in [0.1, 0.15) is 18.1 Å². The summed E-state index contributed by atoms with van der Waals surface area (Å²) in [7, 11) is 0. The van der Waals surface area contributed by atoms with E-state index in [1.165, 1.54) is 18.2 Å². The van der Waals surface area contributed by atoms with E-state index in [1.54, 1.807) is 0 Å². The number of amides is 3. The fraction of sp³-hybridized carbons (Fsp3) is 0.300. The van der Waals surface area contributed by atoms with E-state index in [1.807, 2.05) is 0 Å². The maximum absolute atomic E-state index is 13.0. The summed E-state index contributed by atoms with van der Waals surface area (Å²) in [5.74, 6) is -7.29. The number of carbonyl (C=O) groups is 3. The number of aromatic hydroxyl groups is 6. The number of aliphatic hydroxyl groups is 3. The number of hydrogen-bond donors (Lipinski definition) is 12. The summed E-state index contributed by atoms with van der Waals surface area (Å²) in [6.45, 7) is -2.18. The molecule has 1 fully saturated rings. The third-order valence-corrected chi connectivity index (χ3v) is 7.10. The van der Waals surface area contributed by atoms with Crippen LogP contribution in [0.25, 0.3) is 0 Å². The van der Waals surface area contributed by atoms with Gasteiger partial charge in [-0.25, -0.2) is 0 Å². The normalized spacial score (nSPS) is 23.1. The molecule has 49 heavy (non-hydrogen) atoms. The predicted octanol–water partition coefficient (Wildman–Crippen LogP) is -1.37. The Labute approximate surface area is 287 Å². The number of para-hydroxylation sites is 3. The largest absolute Gasteiger partial charge is 0.504 e. The van der Waals surface area contributed by atoms with Gasteiger partial charge in [-0.3, -0.25) is 14.4 Å². The number of ether oxygens (including phenoxy) is 3. The van der Waals surface area contributed by atoms with Crippen molar-refractivity contribution >= 4 is 17.7 Å². The van der Waals surface area contributed by atoms with Crippen LogP contribution in [-0.4, -0.2) is 120 Å². The molecule has 12 N–H and O–H groups in total. The van der Waals surface area contributed by atoms with Crippen molar-refractivity contribution in [3.8, 4) is 34.5 Å². The molecule has 0 aliphatic carbocycles. The molecule has 3 aromatic rings. The summed E-state index contributed by atoms with van der Waals surface area (Å²) in [5.41, 5.74) is -1.24. The van der Waals surface area contributed by atoms with Crippen LogP contribution in [0.15, 0.2) is 54.6 Å². The zero-order valence-corrected chi connectivity index (χ0v) is 26.2. The summed E-state index contributed by atoms with van der Waals surface area (Å²) in [4.78, 5) is 38.9. The molecule has 19 heteroatoms. The molecule has 266 valence electrons. The van der Waals surface area contributed by atoms with Gasteiger partial charge in [-0.2, -0.15) is 0 Å². The van der Waals surface area contributed by atoms with Crippen molar-refractivity contribution in [2.24, 2.45) is 0 Å². The average molecular weight is 731 g/mol. The molecule has 1 heterocycles. The Balaban J connectivity index is 0.00000650. The standard InChI is InChI=1S/C30H33N3O15.Fe/c34-19-7-1-4-13(22(19)37)25(40)31-16-10-46-29(44)18(33-27(42)15-6-3-9-21(36)24(15)39)12-48-30(45)17(11-47-28(16)43)32-26(41)14-5-2-8-20(35)23(14)38;/h1-9,16-18,28-30,34-39,43-45H,10-12H2,(H,31,40)(H,32,41)(H,33,42);/t16-,17-,18+,28+,29-,30-;/m0./s1. The molecule has 0 spiro atoms. The van der Waals surface area contributed by atoms with E-state index in [2.05, 4.69) is 16.0 Å². The molecule has 18 nitrogen and oxygen atoms in total. The summed E-state index contributed by atoms with van der Waals surface area (Å²) < 4.78 is 16.1. The van der Waals surface area contributed by atoms with Gasteiger partial charge >= 0.3 is 0 Å². The zero-order valence-electron chi connectivity index (χ0n) is 25.1. The van der Waals surface area contributed by atoms with E-state index in [-0.39, 0.29) is 17.1 Å². The van der Waals surface area contributed by atoms with Crippen molar-refractivity contribution < 1.29 is 91.6 Å². The fourth-order valence-electron chi connectivity index (χ4n) is 4.42. The van der Waals surface area contributed by atoms with E-state index in [9.17, 15) is 60.3 Å². The van der Waals surface area contributed by atoms with E-state index in [0.717, 1.165) is 36.4 Å². The van der Waals surface area contributed by atoms with Crippen LogP contribution in [-0.2, 0) is 31.3 Å². The Morgan fingerprint density at radius 3 is 0.980 bits per heavy atom. The van der Waals surface area contributed by atoms with Gasteiger partial charge in [0.15, 0.2) is 53.4 Å². The van der Waals surface area contributed by atoms with Crippen LogP contribution in [0.1, 0.15) is 31.1 Å². The smallest absolute Gasteiger partial charge is 0.255 e. The Bertz CT molecular complexity index is 1460. The molecule has 0 bridgehead atoms. The van der Waals surface area contributed by atoms with Crippen molar-refractivity contribution in [3.63, 3.8) is 0 Å². The third kappa shape index (κ3) is 9.40. The summed E-state index contributed by atoms with van der Waals surface area (Å²) >= 11 is 0. The Kier molecular flexibility index (Phi) is 13.4. The number of phenolic OH excluding ortho intramolecular Hbond substituents is 6. The fourth-order valence-corrected chi connectivity index (χ4v) is 4.42. The van der Waals surface area contributed by atoms with Gasteiger partial charge in [0.2, 0.25) is 0 Å². The molecule has 1 saturated heterocycles. The molecule has 4 rings (SSSR count). The van der Waals surface area contributed by atoms with Crippen LogP contribution >= 0.6 is 0 Å². The van der Waals surface area contributed by atoms with Gasteiger partial charge in [-0.1, -0.05) is 18.2 Å². The van der Waals surface area contributed by atoms with Crippen molar-refractivity contribution in [1.29, 1.82) is 0 Å². The molecular formula is C30H33FeN3O15. The number of nitrogens with one attached hydrogen (secondary N) is 3. The zero-order chi connectivity index (χ0) is 35.1. The van der Waals surface area contributed by atoms with Crippen LogP contribution in [0, 0.1) is 0 Å². The second-order valence-corrected chi connectivity index (χ2v) is 10.4. The van der Waals surface area contributed by atoms with Gasteiger partial charge in [0, 0.05) is 17.1 Å². The number of carbonyl (C=O) groups excluding carboxylic acids is 3. The molecule has 6 atom stereocenters. The summed E-state index contributed by atoms with van der Waals surface area (Å²) in [6, 6.07) is 5.92. The molecule has 0 radical (unpaired) electrons. The second-order valence-electron chi connectivity index (χ2n) is 10.4. The Morgan fingerprint density at radius 1 is 0.490 bits per heavy atom. The van der Waals surface area contributed by atoms with E-state index < -0.39 is 126 Å². The number of aliphatic hydroxyl groups excluding tert-OH is 3. The molecule has 3 amide bonds. The first-order valence-electron chi connectivity index (χ1n) is 14.1. The molecular weight excluding hydrogens is 698 g/mol. The summed E-state index contributed by atoms with van der Waals surface area (Å²) in [6.07, 6.45) is -6.01. The first kappa shape index (κ1) is 38.6. The van der Waals surface area contributed by atoms with Gasteiger partial charge in [-0.15, -0.1) is 0 Å². The average Bonchev–Trinajstić information content (AvgIpc) is 3.05. The minimum absolute atomic E-state index is 0. The van der Waals surface area contributed by atoms with Crippen molar-refractivity contribution in [2.75, 3.05) is 19.8 Å². The number of hydrogen-bond acceptors (Lipinski definition) is 15. The minimum Gasteiger partial charge on any atom is -0.504 e. The molecule has 1 aliphatic heterocycles. The Hall–Kier alpha value is -4.85. The van der Waals surface area contributed by atoms with Gasteiger partial charge in [0.25, 0.3) is 17.7 Å². The summed E-state index contributed by atoms with van der Waals surface area (Å²) in [5, 5.41) is 99.3. The van der Waals surface area contributed by atoms with Crippen LogP contribution in [0.5, 0.6) is 34.5 Å². The quantitative estimate of drug-likeness (QED) is 0.103. The van der Waals surface area contributed by atoms with Gasteiger partial charge in [0.05, 0.1) is 36.5 Å². The maximum Gasteiger partial charge on any atom is 0.255 e. The molecule has 0 aromatic heterocycles. The third-order valence-electron chi connectivity index (χ3n) is 7.10. The minimum atomic E-state index is -2.00. The first-order chi connectivity index (χ1) is 22.8. The van der Waals surface area contributed by atoms with Crippen LogP contribution < -0.4 is 16.0 Å². The van der Waals surface area contributed by atoms with E-state index in [0.29, 0.717) is 0 Å². The SMILES string of the molecule is O=C(N[C@H]1CO[C@H](O)[C@H](NC(=O)c2cccc(O)c2O)CO[C@H](O)[C@@H](NC(=O)c2cccc(O)c2O)CO[C@H]1O)c1cccc(O)c1O.[Fe]. The van der Waals surface area contributed by atoms with E-state index >= 15 is 0 Å². The monoisotopic (exact) mass is 731 g/mol. The first-order valence-corrected chi connectivity index (χ1v) is 14.1. The predicted molar refractivity (Wildman–Crippen MR) is 159 cm³/mol. The van der Waals surface area contributed by atoms with Crippen LogP contribution in [0.3, 0.4) is 0 Å². The molecule has 1 aliphatic rings. The van der Waals surface area contributed by atoms with Gasteiger partial charge < -0.3 is 76.1 Å². The number of rotatable bonds is 6. The van der Waals surface area contributed by atoms with Crippen LogP contribution in [0.4, 0.5) is 0 Å². The van der Waals surface area contributed by atoms with Gasteiger partial charge in [-0.05, 0) is 36.4 Å². The van der Waals surface area contributed by atoms with Crippen LogP contribution in [0.2, 0.25) is 0 Å². The van der Waals surface area contributed by atoms with Crippen molar-refractivity contribution in [1.82, 2.24) is 16.0 Å². The Morgan fingerprint density at radius 2 is 0.735 bits per heavy atom. The second kappa shape index (κ2) is 17.0. The van der Waals surface area contributed by atoms with Crippen molar-refractivity contribution in [3.05, 3.63) is 71.3 Å². The molecule has 0 saturated carbocycles. The molecule has 0 unspecified atom stereocenters. The maximum atomic E-state index is 13.0. The number of benzene rings is 3. The van der Waals surface area contributed by atoms with Crippen molar-refractivity contribution in [2.45, 2.75) is 37.0 Å². The molecule has 3 aromatic carbocycles. The number of phenols is 6. The van der Waals surface area contributed by atoms with E-state index in [4.69, 9.17) is 14.2 Å².